The molecule has 2 aromatic heterocycles. The normalized spacial score (nSPS) is 20.2. The molecule has 2 aliphatic rings. The van der Waals surface area contributed by atoms with Crippen LogP contribution in [0.3, 0.4) is 0 Å². The Kier molecular flexibility index (Phi) is 5.12. The molecule has 1 fully saturated rings. The summed E-state index contributed by atoms with van der Waals surface area (Å²) in [5.41, 5.74) is 2.17. The Bertz CT molecular complexity index is 853. The van der Waals surface area contributed by atoms with Gasteiger partial charge < -0.3 is 10.0 Å². The van der Waals surface area contributed by atoms with E-state index < -0.39 is 5.97 Å². The van der Waals surface area contributed by atoms with Crippen LogP contribution in [-0.4, -0.2) is 84.0 Å². The van der Waals surface area contributed by atoms with Crippen molar-refractivity contribution in [2.75, 3.05) is 26.2 Å². The number of carboxylic acid groups (broad SMARTS) is 1. The first kappa shape index (κ1) is 18.6. The van der Waals surface area contributed by atoms with E-state index in [1.807, 2.05) is 4.68 Å². The summed E-state index contributed by atoms with van der Waals surface area (Å²) in [6.07, 6.45) is 4.80. The van der Waals surface area contributed by atoms with Gasteiger partial charge in [-0.2, -0.15) is 10.2 Å². The predicted molar refractivity (Wildman–Crippen MR) is 99.1 cm³/mol. The predicted octanol–water partition coefficient (Wildman–Crippen LogP) is 0.425. The van der Waals surface area contributed by atoms with Gasteiger partial charge in [-0.05, 0) is 25.7 Å². The molecule has 1 atom stereocenters. The fraction of sp³-hybridized carbons (Fsp3) is 0.611. The number of fused-ring (bicyclic) bond motifs is 1. The second-order valence-electron chi connectivity index (χ2n) is 7.36. The van der Waals surface area contributed by atoms with Crippen molar-refractivity contribution in [2.24, 2.45) is 0 Å². The lowest BCUT2D eigenvalue weighted by Gasteiger charge is -2.40. The molecule has 150 valence electrons. The highest BCUT2D eigenvalue weighted by atomic mass is 16.4. The average Bonchev–Trinajstić information content (AvgIpc) is 3.36. The molecule has 1 amide bonds. The number of H-pyrrole nitrogens is 1. The van der Waals surface area contributed by atoms with Gasteiger partial charge in [0.25, 0.3) is 5.91 Å². The lowest BCUT2D eigenvalue weighted by Crippen LogP contribution is -2.53. The van der Waals surface area contributed by atoms with Gasteiger partial charge in [-0.25, -0.2) is 9.78 Å². The summed E-state index contributed by atoms with van der Waals surface area (Å²) in [5, 5.41) is 20.3. The maximum atomic E-state index is 12.4. The fourth-order valence-electron chi connectivity index (χ4n) is 4.30. The minimum absolute atomic E-state index is 0.128. The zero-order valence-corrected chi connectivity index (χ0v) is 16.0. The Morgan fingerprint density at radius 1 is 1.29 bits per heavy atom. The van der Waals surface area contributed by atoms with Crippen molar-refractivity contribution in [3.05, 3.63) is 29.1 Å². The van der Waals surface area contributed by atoms with Gasteiger partial charge in [0.15, 0.2) is 5.69 Å². The maximum absolute atomic E-state index is 12.4. The number of amides is 1. The molecule has 10 heteroatoms. The van der Waals surface area contributed by atoms with Gasteiger partial charge in [0.05, 0.1) is 0 Å². The maximum Gasteiger partial charge on any atom is 0.356 e. The van der Waals surface area contributed by atoms with Crippen molar-refractivity contribution in [3.63, 3.8) is 0 Å². The zero-order chi connectivity index (χ0) is 19.7. The number of carbonyl (C=O) groups is 2. The van der Waals surface area contributed by atoms with Gasteiger partial charge in [-0.15, -0.1) is 0 Å². The number of carboxylic acids is 1. The topological polar surface area (TPSA) is 120 Å². The SMILES string of the molecule is CCCn1nc(C(=O)O)c2c1CCC(N1CCN(C(=O)c3ncn[nH]3)CC1)C2. The molecular weight excluding hydrogens is 362 g/mol. The molecule has 3 heterocycles. The summed E-state index contributed by atoms with van der Waals surface area (Å²) in [6, 6.07) is 0.285. The van der Waals surface area contributed by atoms with E-state index in [9.17, 15) is 14.7 Å². The molecule has 2 N–H and O–H groups in total. The highest BCUT2D eigenvalue weighted by molar-refractivity contribution is 5.90. The van der Waals surface area contributed by atoms with Crippen LogP contribution in [0.25, 0.3) is 0 Å². The number of piperazine rings is 1. The summed E-state index contributed by atoms with van der Waals surface area (Å²) in [7, 11) is 0. The molecule has 0 bridgehead atoms. The van der Waals surface area contributed by atoms with Gasteiger partial charge >= 0.3 is 5.97 Å². The van der Waals surface area contributed by atoms with Crippen LogP contribution in [0.5, 0.6) is 0 Å². The molecule has 1 saturated heterocycles. The summed E-state index contributed by atoms with van der Waals surface area (Å²) >= 11 is 0. The van der Waals surface area contributed by atoms with E-state index in [0.29, 0.717) is 19.5 Å². The van der Waals surface area contributed by atoms with Crippen LogP contribution in [0.15, 0.2) is 6.33 Å². The highest BCUT2D eigenvalue weighted by Crippen LogP contribution is 2.28. The molecule has 10 nitrogen and oxygen atoms in total. The quantitative estimate of drug-likeness (QED) is 0.763. The third-order valence-corrected chi connectivity index (χ3v) is 5.69. The molecule has 0 spiro atoms. The van der Waals surface area contributed by atoms with Crippen LogP contribution in [0.1, 0.15) is 52.1 Å². The number of aryl methyl sites for hydroxylation is 1. The second-order valence-corrected chi connectivity index (χ2v) is 7.36. The highest BCUT2D eigenvalue weighted by Gasteiger charge is 2.33. The number of aromatic nitrogens is 5. The van der Waals surface area contributed by atoms with E-state index >= 15 is 0 Å². The lowest BCUT2D eigenvalue weighted by atomic mass is 9.90. The van der Waals surface area contributed by atoms with Crippen molar-refractivity contribution in [1.82, 2.24) is 34.8 Å². The van der Waals surface area contributed by atoms with Gasteiger partial charge in [0, 0.05) is 50.0 Å². The van der Waals surface area contributed by atoms with E-state index in [2.05, 4.69) is 32.1 Å². The van der Waals surface area contributed by atoms with Crippen LogP contribution < -0.4 is 0 Å². The molecular formula is C18H25N7O3. The van der Waals surface area contributed by atoms with E-state index in [0.717, 1.165) is 50.2 Å². The van der Waals surface area contributed by atoms with Crippen molar-refractivity contribution < 1.29 is 14.7 Å². The molecule has 1 unspecified atom stereocenters. The van der Waals surface area contributed by atoms with Gasteiger partial charge in [-0.3, -0.25) is 19.5 Å². The second kappa shape index (κ2) is 7.70. The van der Waals surface area contributed by atoms with Crippen LogP contribution in [0, 0.1) is 0 Å². The molecule has 0 aromatic carbocycles. The first-order chi connectivity index (χ1) is 13.6. The number of carbonyl (C=O) groups excluding carboxylic acids is 1. The summed E-state index contributed by atoms with van der Waals surface area (Å²) in [4.78, 5) is 32.1. The van der Waals surface area contributed by atoms with Crippen LogP contribution in [-0.2, 0) is 19.4 Å². The van der Waals surface area contributed by atoms with Crippen molar-refractivity contribution in [3.8, 4) is 0 Å². The largest absolute Gasteiger partial charge is 0.476 e. The standard InChI is InChI=1S/C18H25N7O3/c1-2-5-25-14-4-3-12(10-13(14)15(22-25)18(27)28)23-6-8-24(9-7-23)17(26)16-19-11-20-21-16/h11-12H,2-10H2,1H3,(H,27,28)(H,19,20,21). The van der Waals surface area contributed by atoms with E-state index in [4.69, 9.17) is 0 Å². The fourth-order valence-corrected chi connectivity index (χ4v) is 4.30. The molecule has 0 saturated carbocycles. The molecule has 28 heavy (non-hydrogen) atoms. The minimum atomic E-state index is -0.950. The minimum Gasteiger partial charge on any atom is -0.476 e. The van der Waals surface area contributed by atoms with E-state index in [-0.39, 0.29) is 23.5 Å². The number of rotatable bonds is 5. The number of aromatic amines is 1. The Morgan fingerprint density at radius 2 is 2.07 bits per heavy atom. The lowest BCUT2D eigenvalue weighted by molar-refractivity contribution is 0.0539. The molecule has 2 aromatic rings. The first-order valence-electron chi connectivity index (χ1n) is 9.79. The average molecular weight is 387 g/mol. The van der Waals surface area contributed by atoms with Gasteiger partial charge in [-0.1, -0.05) is 6.92 Å². The number of nitrogens with one attached hydrogen (secondary N) is 1. The number of aromatic carboxylic acids is 1. The Morgan fingerprint density at radius 3 is 2.71 bits per heavy atom. The summed E-state index contributed by atoms with van der Waals surface area (Å²) in [5.74, 6) is -0.809. The summed E-state index contributed by atoms with van der Waals surface area (Å²) < 4.78 is 1.88. The Labute approximate surface area is 162 Å². The summed E-state index contributed by atoms with van der Waals surface area (Å²) in [6.45, 7) is 5.62. The third-order valence-electron chi connectivity index (χ3n) is 5.69. The Balaban J connectivity index is 1.43. The van der Waals surface area contributed by atoms with Crippen molar-refractivity contribution in [1.29, 1.82) is 0 Å². The van der Waals surface area contributed by atoms with Crippen LogP contribution >= 0.6 is 0 Å². The molecule has 1 aliphatic carbocycles. The number of hydrogen-bond donors (Lipinski definition) is 2. The smallest absolute Gasteiger partial charge is 0.356 e. The molecule has 1 aliphatic heterocycles. The number of hydrogen-bond acceptors (Lipinski definition) is 6. The monoisotopic (exact) mass is 387 g/mol. The first-order valence-corrected chi connectivity index (χ1v) is 9.79. The third kappa shape index (κ3) is 3.39. The van der Waals surface area contributed by atoms with Crippen LogP contribution in [0.2, 0.25) is 0 Å². The van der Waals surface area contributed by atoms with Gasteiger partial charge in [0.1, 0.15) is 6.33 Å². The molecule has 0 radical (unpaired) electrons. The van der Waals surface area contributed by atoms with Crippen LogP contribution in [0.4, 0.5) is 0 Å². The molecule has 4 rings (SSSR count). The van der Waals surface area contributed by atoms with E-state index in [1.165, 1.54) is 6.33 Å². The van der Waals surface area contributed by atoms with E-state index in [1.54, 1.807) is 4.90 Å². The van der Waals surface area contributed by atoms with Gasteiger partial charge in [0.2, 0.25) is 5.82 Å². The number of nitrogens with zero attached hydrogens (tertiary/aromatic N) is 6. The Hall–Kier alpha value is -2.75. The van der Waals surface area contributed by atoms with Crippen molar-refractivity contribution in [2.45, 2.75) is 45.2 Å². The van der Waals surface area contributed by atoms with Crippen molar-refractivity contribution >= 4 is 11.9 Å². The zero-order valence-electron chi connectivity index (χ0n) is 16.0.